The van der Waals surface area contributed by atoms with Crippen molar-refractivity contribution in [2.75, 3.05) is 13.1 Å². The number of hydrogen-bond donors (Lipinski definition) is 0. The minimum absolute atomic E-state index is 0.114. The Morgan fingerprint density at radius 1 is 1.12 bits per heavy atom. The van der Waals surface area contributed by atoms with Crippen molar-refractivity contribution in [1.82, 2.24) is 4.90 Å². The fraction of sp³-hybridized carbons (Fsp3) is 0.462. The van der Waals surface area contributed by atoms with Crippen molar-refractivity contribution < 1.29 is 8.78 Å². The maximum Gasteiger partial charge on any atom is 0.132 e. The summed E-state index contributed by atoms with van der Waals surface area (Å²) in [5, 5.41) is 9.16. The van der Waals surface area contributed by atoms with Crippen LogP contribution in [0.25, 0.3) is 0 Å². The lowest BCUT2D eigenvalue weighted by Crippen LogP contribution is -2.34. The number of nitriles is 1. The zero-order valence-corrected chi connectivity index (χ0v) is 9.50. The molecule has 1 atom stereocenters. The Kier molecular flexibility index (Phi) is 3.70. The van der Waals surface area contributed by atoms with Crippen LogP contribution in [0.1, 0.15) is 30.9 Å². The Balaban J connectivity index is 2.32. The Morgan fingerprint density at radius 3 is 2.24 bits per heavy atom. The van der Waals surface area contributed by atoms with Gasteiger partial charge in [-0.1, -0.05) is 12.5 Å². The van der Waals surface area contributed by atoms with Crippen molar-refractivity contribution in [1.29, 1.82) is 5.26 Å². The number of nitrogens with zero attached hydrogens (tertiary/aromatic N) is 2. The topological polar surface area (TPSA) is 27.0 Å². The molecular formula is C13H14F2N2. The highest BCUT2D eigenvalue weighted by Crippen LogP contribution is 2.27. The Morgan fingerprint density at radius 2 is 1.71 bits per heavy atom. The number of hydrogen-bond acceptors (Lipinski definition) is 2. The van der Waals surface area contributed by atoms with Crippen LogP contribution in [0.15, 0.2) is 18.2 Å². The van der Waals surface area contributed by atoms with Gasteiger partial charge in [-0.15, -0.1) is 0 Å². The SMILES string of the molecule is N#CC(c1c(F)cccc1F)N1CCCCC1. The van der Waals surface area contributed by atoms with E-state index in [-0.39, 0.29) is 5.56 Å². The molecule has 1 unspecified atom stereocenters. The Hall–Kier alpha value is -1.47. The van der Waals surface area contributed by atoms with Gasteiger partial charge in [0.05, 0.1) is 11.6 Å². The normalized spacial score (nSPS) is 18.6. The van der Waals surface area contributed by atoms with Gasteiger partial charge in [0, 0.05) is 0 Å². The van der Waals surface area contributed by atoms with E-state index in [9.17, 15) is 8.78 Å². The highest BCUT2D eigenvalue weighted by atomic mass is 19.1. The molecule has 0 saturated carbocycles. The van der Waals surface area contributed by atoms with Crippen molar-refractivity contribution in [2.45, 2.75) is 25.3 Å². The lowest BCUT2D eigenvalue weighted by molar-refractivity contribution is 0.190. The summed E-state index contributed by atoms with van der Waals surface area (Å²) in [4.78, 5) is 1.85. The van der Waals surface area contributed by atoms with Crippen LogP contribution in [-0.2, 0) is 0 Å². The van der Waals surface area contributed by atoms with Gasteiger partial charge in [0.2, 0.25) is 0 Å². The maximum absolute atomic E-state index is 13.6. The van der Waals surface area contributed by atoms with Gasteiger partial charge in [-0.3, -0.25) is 4.90 Å². The van der Waals surface area contributed by atoms with E-state index in [1.807, 2.05) is 11.0 Å². The van der Waals surface area contributed by atoms with Crippen molar-refractivity contribution in [2.24, 2.45) is 0 Å². The van der Waals surface area contributed by atoms with Gasteiger partial charge in [-0.25, -0.2) is 8.78 Å². The zero-order chi connectivity index (χ0) is 12.3. The molecule has 0 aromatic heterocycles. The quantitative estimate of drug-likeness (QED) is 0.789. The van der Waals surface area contributed by atoms with E-state index in [1.165, 1.54) is 18.2 Å². The lowest BCUT2D eigenvalue weighted by Gasteiger charge is -2.30. The van der Waals surface area contributed by atoms with Crippen LogP contribution in [0.4, 0.5) is 8.78 Å². The number of piperidine rings is 1. The summed E-state index contributed by atoms with van der Waals surface area (Å²) in [6, 6.07) is 4.93. The second kappa shape index (κ2) is 5.24. The van der Waals surface area contributed by atoms with Crippen LogP contribution in [0.2, 0.25) is 0 Å². The van der Waals surface area contributed by atoms with Crippen LogP contribution in [-0.4, -0.2) is 18.0 Å². The summed E-state index contributed by atoms with van der Waals surface area (Å²) < 4.78 is 27.2. The monoisotopic (exact) mass is 236 g/mol. The zero-order valence-electron chi connectivity index (χ0n) is 9.50. The second-order valence-corrected chi connectivity index (χ2v) is 4.26. The number of halogens is 2. The molecule has 4 heteroatoms. The van der Waals surface area contributed by atoms with E-state index < -0.39 is 17.7 Å². The van der Waals surface area contributed by atoms with Gasteiger partial charge >= 0.3 is 0 Å². The van der Waals surface area contributed by atoms with Crippen molar-refractivity contribution in [3.63, 3.8) is 0 Å². The first-order chi connectivity index (χ1) is 8.24. The van der Waals surface area contributed by atoms with Crippen molar-refractivity contribution in [3.8, 4) is 6.07 Å². The predicted octanol–water partition coefficient (Wildman–Crippen LogP) is 3.02. The molecule has 0 spiro atoms. The molecule has 0 amide bonds. The van der Waals surface area contributed by atoms with Crippen LogP contribution >= 0.6 is 0 Å². The van der Waals surface area contributed by atoms with Gasteiger partial charge in [-0.2, -0.15) is 5.26 Å². The Bertz CT molecular complexity index is 413. The van der Waals surface area contributed by atoms with Crippen LogP contribution < -0.4 is 0 Å². The minimum Gasteiger partial charge on any atom is -0.284 e. The summed E-state index contributed by atoms with van der Waals surface area (Å²) in [5.74, 6) is -1.27. The smallest absolute Gasteiger partial charge is 0.132 e. The molecule has 0 radical (unpaired) electrons. The molecule has 1 heterocycles. The average molecular weight is 236 g/mol. The van der Waals surface area contributed by atoms with Gasteiger partial charge < -0.3 is 0 Å². The molecule has 0 aliphatic carbocycles. The van der Waals surface area contributed by atoms with Gasteiger partial charge in [-0.05, 0) is 38.1 Å². The molecule has 1 saturated heterocycles. The van der Waals surface area contributed by atoms with Crippen LogP contribution in [0.3, 0.4) is 0 Å². The van der Waals surface area contributed by atoms with E-state index in [4.69, 9.17) is 5.26 Å². The van der Waals surface area contributed by atoms with E-state index in [2.05, 4.69) is 0 Å². The summed E-state index contributed by atoms with van der Waals surface area (Å²) in [5.41, 5.74) is -0.114. The minimum atomic E-state index is -0.809. The summed E-state index contributed by atoms with van der Waals surface area (Å²) in [6.07, 6.45) is 3.08. The largest absolute Gasteiger partial charge is 0.284 e. The lowest BCUT2D eigenvalue weighted by atomic mass is 10.0. The van der Waals surface area contributed by atoms with Gasteiger partial charge in [0.15, 0.2) is 0 Å². The fourth-order valence-corrected chi connectivity index (χ4v) is 2.28. The molecule has 2 rings (SSSR count). The number of rotatable bonds is 2. The maximum atomic E-state index is 13.6. The molecule has 1 aliphatic rings. The first-order valence-electron chi connectivity index (χ1n) is 5.81. The van der Waals surface area contributed by atoms with Gasteiger partial charge in [0.25, 0.3) is 0 Å². The molecule has 0 N–H and O–H groups in total. The molecule has 1 aliphatic heterocycles. The summed E-state index contributed by atoms with van der Waals surface area (Å²) in [7, 11) is 0. The third-order valence-electron chi connectivity index (χ3n) is 3.15. The molecule has 1 aromatic rings. The molecule has 17 heavy (non-hydrogen) atoms. The third kappa shape index (κ3) is 2.45. The first-order valence-corrected chi connectivity index (χ1v) is 5.81. The molecule has 2 nitrogen and oxygen atoms in total. The van der Waals surface area contributed by atoms with Crippen LogP contribution in [0, 0.1) is 23.0 Å². The van der Waals surface area contributed by atoms with E-state index in [1.54, 1.807) is 0 Å². The average Bonchev–Trinajstić information content (AvgIpc) is 2.35. The predicted molar refractivity (Wildman–Crippen MR) is 60.1 cm³/mol. The Labute approximate surface area is 99.5 Å². The molecule has 1 fully saturated rings. The van der Waals surface area contributed by atoms with E-state index >= 15 is 0 Å². The molecule has 0 bridgehead atoms. The standard InChI is InChI=1S/C13H14F2N2/c14-10-5-4-6-11(15)13(10)12(9-16)17-7-2-1-3-8-17/h4-6,12H,1-3,7-8H2. The fourth-order valence-electron chi connectivity index (χ4n) is 2.28. The van der Waals surface area contributed by atoms with E-state index in [0.29, 0.717) is 0 Å². The summed E-state index contributed by atoms with van der Waals surface area (Å²) in [6.45, 7) is 1.46. The highest BCUT2D eigenvalue weighted by molar-refractivity contribution is 5.27. The van der Waals surface area contributed by atoms with E-state index in [0.717, 1.165) is 32.4 Å². The second-order valence-electron chi connectivity index (χ2n) is 4.26. The van der Waals surface area contributed by atoms with Crippen molar-refractivity contribution in [3.05, 3.63) is 35.4 Å². The molecule has 1 aromatic carbocycles. The highest BCUT2D eigenvalue weighted by Gasteiger charge is 2.26. The summed E-state index contributed by atoms with van der Waals surface area (Å²) >= 11 is 0. The van der Waals surface area contributed by atoms with Crippen LogP contribution in [0.5, 0.6) is 0 Å². The first kappa shape index (κ1) is 12.0. The number of likely N-dealkylation sites (tertiary alicyclic amines) is 1. The molecule has 90 valence electrons. The van der Waals surface area contributed by atoms with Crippen molar-refractivity contribution >= 4 is 0 Å². The molecular weight excluding hydrogens is 222 g/mol. The third-order valence-corrected chi connectivity index (χ3v) is 3.15. The van der Waals surface area contributed by atoms with Gasteiger partial charge in [0.1, 0.15) is 17.7 Å². The number of benzene rings is 1.